The zero-order valence-electron chi connectivity index (χ0n) is 11.5. The summed E-state index contributed by atoms with van der Waals surface area (Å²) in [5.74, 6) is -0.416. The second-order valence-electron chi connectivity index (χ2n) is 4.53. The summed E-state index contributed by atoms with van der Waals surface area (Å²) in [6.45, 7) is 0.395. The van der Waals surface area contributed by atoms with E-state index in [4.69, 9.17) is 9.52 Å². The molecule has 5 heteroatoms. The van der Waals surface area contributed by atoms with E-state index in [1.807, 2.05) is 6.07 Å². The average molecular weight is 285 g/mol. The number of nitrogens with zero attached hydrogens (tertiary/aromatic N) is 1. The molecule has 0 aliphatic heterocycles. The van der Waals surface area contributed by atoms with Gasteiger partial charge in [0.25, 0.3) is 5.91 Å². The zero-order chi connectivity index (χ0) is 15.2. The molecule has 1 heterocycles. The Hall–Kier alpha value is -2.82. The monoisotopic (exact) mass is 285 g/mol. The van der Waals surface area contributed by atoms with Gasteiger partial charge >= 0.3 is 5.97 Å². The fourth-order valence-electron chi connectivity index (χ4n) is 1.83. The molecule has 0 radical (unpaired) electrons. The molecule has 2 rings (SSSR count). The van der Waals surface area contributed by atoms with Gasteiger partial charge in [-0.15, -0.1) is 0 Å². The van der Waals surface area contributed by atoms with Crippen LogP contribution in [0.1, 0.15) is 21.7 Å². The highest BCUT2D eigenvalue weighted by Crippen LogP contribution is 2.11. The van der Waals surface area contributed by atoms with Crippen molar-refractivity contribution in [3.63, 3.8) is 0 Å². The molecule has 0 bridgehead atoms. The fraction of sp³-hybridized carbons (Fsp3) is 0.125. The first-order valence-corrected chi connectivity index (χ1v) is 6.35. The Kier molecular flexibility index (Phi) is 4.56. The largest absolute Gasteiger partial charge is 0.478 e. The van der Waals surface area contributed by atoms with Crippen LogP contribution >= 0.6 is 0 Å². The minimum Gasteiger partial charge on any atom is -0.478 e. The van der Waals surface area contributed by atoms with E-state index in [0.29, 0.717) is 17.9 Å². The summed E-state index contributed by atoms with van der Waals surface area (Å²) in [7, 11) is 1.70. The number of aliphatic carboxylic acids is 1. The second kappa shape index (κ2) is 6.56. The summed E-state index contributed by atoms with van der Waals surface area (Å²) in [5, 5.41) is 8.56. The maximum Gasteiger partial charge on any atom is 0.328 e. The fourth-order valence-corrected chi connectivity index (χ4v) is 1.83. The van der Waals surface area contributed by atoms with Crippen LogP contribution < -0.4 is 0 Å². The van der Waals surface area contributed by atoms with Gasteiger partial charge in [-0.25, -0.2) is 4.79 Å². The molecule has 0 aliphatic carbocycles. The van der Waals surface area contributed by atoms with Gasteiger partial charge in [0.05, 0.1) is 12.8 Å². The SMILES string of the molecule is CN(Cc1ccco1)C(=O)c1ccc(C=CC(=O)O)cc1. The Bertz CT molecular complexity index is 641. The van der Waals surface area contributed by atoms with Crippen molar-refractivity contribution < 1.29 is 19.1 Å². The van der Waals surface area contributed by atoms with Gasteiger partial charge in [-0.3, -0.25) is 4.79 Å². The Morgan fingerprint density at radius 3 is 2.52 bits per heavy atom. The third-order valence-electron chi connectivity index (χ3n) is 2.90. The van der Waals surface area contributed by atoms with Gasteiger partial charge < -0.3 is 14.4 Å². The molecule has 0 aliphatic rings. The second-order valence-corrected chi connectivity index (χ2v) is 4.53. The van der Waals surface area contributed by atoms with E-state index in [1.165, 1.54) is 6.08 Å². The molecule has 0 fully saturated rings. The predicted molar refractivity (Wildman–Crippen MR) is 77.6 cm³/mol. The number of amides is 1. The van der Waals surface area contributed by atoms with Crippen LogP contribution in [0.15, 0.2) is 53.2 Å². The van der Waals surface area contributed by atoms with Gasteiger partial charge in [-0.05, 0) is 35.9 Å². The first kappa shape index (κ1) is 14.6. The van der Waals surface area contributed by atoms with Crippen molar-refractivity contribution in [3.8, 4) is 0 Å². The van der Waals surface area contributed by atoms with Gasteiger partial charge in [-0.2, -0.15) is 0 Å². The smallest absolute Gasteiger partial charge is 0.328 e. The highest BCUT2D eigenvalue weighted by Gasteiger charge is 2.12. The zero-order valence-corrected chi connectivity index (χ0v) is 11.5. The lowest BCUT2D eigenvalue weighted by atomic mass is 10.1. The standard InChI is InChI=1S/C16H15NO4/c1-17(11-14-3-2-10-21-14)16(20)13-7-4-12(5-8-13)6-9-15(18)19/h2-10H,11H2,1H3,(H,18,19). The topological polar surface area (TPSA) is 70.8 Å². The molecule has 1 amide bonds. The molecule has 21 heavy (non-hydrogen) atoms. The summed E-state index contributed by atoms with van der Waals surface area (Å²) in [5.41, 5.74) is 1.26. The number of carboxylic acid groups (broad SMARTS) is 1. The van der Waals surface area contributed by atoms with Crippen molar-refractivity contribution in [2.75, 3.05) is 7.05 Å². The highest BCUT2D eigenvalue weighted by molar-refractivity contribution is 5.94. The Morgan fingerprint density at radius 2 is 1.95 bits per heavy atom. The minimum atomic E-state index is -1.01. The number of rotatable bonds is 5. The van der Waals surface area contributed by atoms with Crippen LogP contribution in [0.3, 0.4) is 0 Å². The van der Waals surface area contributed by atoms with E-state index in [9.17, 15) is 9.59 Å². The lowest BCUT2D eigenvalue weighted by Crippen LogP contribution is -2.25. The number of furan rings is 1. The quantitative estimate of drug-likeness (QED) is 0.857. The molecule has 5 nitrogen and oxygen atoms in total. The molecular weight excluding hydrogens is 270 g/mol. The molecule has 0 saturated heterocycles. The molecule has 1 N–H and O–H groups in total. The first-order chi connectivity index (χ1) is 10.1. The van der Waals surface area contributed by atoms with Crippen LogP contribution in [0.4, 0.5) is 0 Å². The molecule has 0 spiro atoms. The molecule has 0 unspecified atom stereocenters. The number of hydrogen-bond donors (Lipinski definition) is 1. The maximum atomic E-state index is 12.2. The molecule has 2 aromatic rings. The highest BCUT2D eigenvalue weighted by atomic mass is 16.4. The lowest BCUT2D eigenvalue weighted by molar-refractivity contribution is -0.131. The molecular formula is C16H15NO4. The Labute approximate surface area is 122 Å². The van der Waals surface area contributed by atoms with Gasteiger partial charge in [0.2, 0.25) is 0 Å². The van der Waals surface area contributed by atoms with E-state index in [2.05, 4.69) is 0 Å². The van der Waals surface area contributed by atoms with Gasteiger partial charge in [0.15, 0.2) is 0 Å². The van der Waals surface area contributed by atoms with E-state index in [1.54, 1.807) is 48.5 Å². The Balaban J connectivity index is 2.03. The van der Waals surface area contributed by atoms with Crippen molar-refractivity contribution >= 4 is 18.0 Å². The summed E-state index contributed by atoms with van der Waals surface area (Å²) in [6.07, 6.45) is 4.10. The third-order valence-corrected chi connectivity index (χ3v) is 2.90. The molecule has 108 valence electrons. The molecule has 0 atom stereocenters. The normalized spacial score (nSPS) is 10.7. The Morgan fingerprint density at radius 1 is 1.24 bits per heavy atom. The summed E-state index contributed by atoms with van der Waals surface area (Å²) >= 11 is 0. The van der Waals surface area contributed by atoms with E-state index >= 15 is 0 Å². The van der Waals surface area contributed by atoms with Crippen LogP contribution in [-0.4, -0.2) is 28.9 Å². The predicted octanol–water partition coefficient (Wildman–Crippen LogP) is 2.65. The number of carbonyl (C=O) groups is 2. The van der Waals surface area contributed by atoms with Crippen LogP contribution in [0.25, 0.3) is 6.08 Å². The van der Waals surface area contributed by atoms with Crippen molar-refractivity contribution in [3.05, 3.63) is 65.6 Å². The van der Waals surface area contributed by atoms with Crippen molar-refractivity contribution in [1.82, 2.24) is 4.90 Å². The average Bonchev–Trinajstić information content (AvgIpc) is 2.97. The first-order valence-electron chi connectivity index (χ1n) is 6.35. The summed E-state index contributed by atoms with van der Waals surface area (Å²) in [6, 6.07) is 10.3. The van der Waals surface area contributed by atoms with Crippen molar-refractivity contribution in [2.45, 2.75) is 6.54 Å². The van der Waals surface area contributed by atoms with E-state index < -0.39 is 5.97 Å². The van der Waals surface area contributed by atoms with Crippen molar-refractivity contribution in [1.29, 1.82) is 0 Å². The number of hydrogen-bond acceptors (Lipinski definition) is 3. The van der Waals surface area contributed by atoms with Crippen LogP contribution in [0.2, 0.25) is 0 Å². The van der Waals surface area contributed by atoms with E-state index in [-0.39, 0.29) is 5.91 Å². The number of carboxylic acids is 1. The summed E-state index contributed by atoms with van der Waals surface area (Å²) in [4.78, 5) is 24.2. The van der Waals surface area contributed by atoms with Gasteiger partial charge in [0.1, 0.15) is 5.76 Å². The van der Waals surface area contributed by atoms with E-state index in [0.717, 1.165) is 11.6 Å². The number of benzene rings is 1. The van der Waals surface area contributed by atoms with Gasteiger partial charge in [0, 0.05) is 18.7 Å². The van der Waals surface area contributed by atoms with Crippen LogP contribution in [-0.2, 0) is 11.3 Å². The lowest BCUT2D eigenvalue weighted by Gasteiger charge is -2.15. The minimum absolute atomic E-state index is 0.125. The van der Waals surface area contributed by atoms with Crippen molar-refractivity contribution in [2.24, 2.45) is 0 Å². The van der Waals surface area contributed by atoms with Crippen LogP contribution in [0.5, 0.6) is 0 Å². The molecule has 0 saturated carbocycles. The maximum absolute atomic E-state index is 12.2. The molecule has 1 aromatic heterocycles. The third kappa shape index (κ3) is 4.07. The van der Waals surface area contributed by atoms with Crippen LogP contribution in [0, 0.1) is 0 Å². The summed E-state index contributed by atoms with van der Waals surface area (Å²) < 4.78 is 5.21. The number of carbonyl (C=O) groups excluding carboxylic acids is 1. The van der Waals surface area contributed by atoms with Gasteiger partial charge in [-0.1, -0.05) is 12.1 Å². The molecule has 1 aromatic carbocycles.